The van der Waals surface area contributed by atoms with Gasteiger partial charge in [-0.3, -0.25) is 19.4 Å². The van der Waals surface area contributed by atoms with Gasteiger partial charge in [0.2, 0.25) is 5.91 Å². The topological polar surface area (TPSA) is 155 Å². The highest BCUT2D eigenvalue weighted by Crippen LogP contribution is 2.16. The highest BCUT2D eigenvalue weighted by molar-refractivity contribution is 6.04. The third kappa shape index (κ3) is 8.92. The Morgan fingerprint density at radius 1 is 1.03 bits per heavy atom. The Morgan fingerprint density at radius 3 is 2.19 bits per heavy atom. The number of hydrogen-bond acceptors (Lipinski definition) is 7. The molecule has 0 aliphatic heterocycles. The van der Waals surface area contributed by atoms with E-state index in [-0.39, 0.29) is 42.0 Å². The molecule has 2 rings (SSSR count). The van der Waals surface area contributed by atoms with E-state index in [9.17, 15) is 24.6 Å². The van der Waals surface area contributed by atoms with E-state index in [0.29, 0.717) is 13.1 Å². The number of rotatable bonds is 15. The van der Waals surface area contributed by atoms with E-state index >= 15 is 0 Å². The largest absolute Gasteiger partial charge is 0.390 e. The Hall–Kier alpha value is -3.34. The number of nitrogens with one attached hydrogen (secondary N) is 1. The van der Waals surface area contributed by atoms with Crippen LogP contribution in [-0.2, 0) is 11.2 Å². The number of amides is 3. The smallest absolute Gasteiger partial charge is 0.253 e. The van der Waals surface area contributed by atoms with Gasteiger partial charge >= 0.3 is 0 Å². The maximum atomic E-state index is 13.3. The molecule has 2 aromatic rings. The summed E-state index contributed by atoms with van der Waals surface area (Å²) in [5.41, 5.74) is 6.53. The van der Waals surface area contributed by atoms with Crippen molar-refractivity contribution in [2.24, 2.45) is 5.73 Å². The van der Waals surface area contributed by atoms with Crippen molar-refractivity contribution in [1.29, 1.82) is 0 Å². The summed E-state index contributed by atoms with van der Waals surface area (Å²) >= 11 is 0. The number of ether oxygens (including phenoxy) is 1. The number of carbonyl (C=O) groups is 3. The molecule has 3 unspecified atom stereocenters. The molecule has 10 nitrogen and oxygen atoms in total. The number of hydrogen-bond donors (Lipinski definition) is 4. The third-order valence-electron chi connectivity index (χ3n) is 5.95. The minimum absolute atomic E-state index is 0.0234. The fraction of sp³-hybridized carbons (Fsp3) is 0.481. The number of primary amides is 1. The van der Waals surface area contributed by atoms with E-state index < -0.39 is 30.1 Å². The number of nitrogens with two attached hydrogens (primary N) is 1. The van der Waals surface area contributed by atoms with Crippen molar-refractivity contribution >= 4 is 17.7 Å². The summed E-state index contributed by atoms with van der Waals surface area (Å²) in [5, 5.41) is 24.1. The van der Waals surface area contributed by atoms with Gasteiger partial charge in [0.25, 0.3) is 11.8 Å². The first-order valence-electron chi connectivity index (χ1n) is 12.5. The van der Waals surface area contributed by atoms with E-state index in [1.807, 2.05) is 13.8 Å². The number of carbonyl (C=O) groups excluding carboxylic acids is 3. The first-order valence-corrected chi connectivity index (χ1v) is 12.5. The molecule has 10 heteroatoms. The summed E-state index contributed by atoms with van der Waals surface area (Å²) in [6, 6.07) is 6.73. The van der Waals surface area contributed by atoms with Crippen LogP contribution in [0.25, 0.3) is 0 Å². The summed E-state index contributed by atoms with van der Waals surface area (Å²) in [6.45, 7) is 5.23. The van der Waals surface area contributed by atoms with E-state index in [4.69, 9.17) is 10.5 Å². The molecule has 1 aromatic heterocycles. The van der Waals surface area contributed by atoms with Crippen LogP contribution in [0.5, 0.6) is 0 Å². The first-order chi connectivity index (χ1) is 17.7. The molecule has 0 aliphatic rings. The maximum Gasteiger partial charge on any atom is 0.253 e. The van der Waals surface area contributed by atoms with Crippen molar-refractivity contribution in [3.8, 4) is 0 Å². The number of methoxy groups -OCH3 is 1. The maximum absolute atomic E-state index is 13.3. The van der Waals surface area contributed by atoms with Crippen LogP contribution in [0.1, 0.15) is 69.7 Å². The Morgan fingerprint density at radius 2 is 1.62 bits per heavy atom. The Bertz CT molecular complexity index is 1030. The molecule has 0 radical (unpaired) electrons. The first kappa shape index (κ1) is 29.9. The molecular formula is C27H38N4O6. The van der Waals surface area contributed by atoms with Gasteiger partial charge in [-0.2, -0.15) is 0 Å². The van der Waals surface area contributed by atoms with Gasteiger partial charge in [0.15, 0.2) is 0 Å². The van der Waals surface area contributed by atoms with Crippen LogP contribution in [-0.4, -0.2) is 82.9 Å². The number of pyridine rings is 1. The number of aromatic nitrogens is 1. The minimum Gasteiger partial charge on any atom is -0.390 e. The lowest BCUT2D eigenvalue weighted by molar-refractivity contribution is -0.0177. The van der Waals surface area contributed by atoms with E-state index in [1.165, 1.54) is 25.3 Å². The number of benzene rings is 1. The summed E-state index contributed by atoms with van der Waals surface area (Å²) in [4.78, 5) is 44.2. The van der Waals surface area contributed by atoms with E-state index in [2.05, 4.69) is 10.3 Å². The summed E-state index contributed by atoms with van der Waals surface area (Å²) in [6.07, 6.45) is 2.62. The van der Waals surface area contributed by atoms with Crippen molar-refractivity contribution < 1.29 is 29.3 Å². The van der Waals surface area contributed by atoms with Crippen LogP contribution in [0.4, 0.5) is 0 Å². The molecule has 1 heterocycles. The molecule has 3 amide bonds. The zero-order valence-corrected chi connectivity index (χ0v) is 21.7. The molecule has 0 fully saturated rings. The third-order valence-corrected chi connectivity index (χ3v) is 5.95. The number of aliphatic hydroxyl groups excluding tert-OH is 2. The zero-order valence-electron chi connectivity index (χ0n) is 21.7. The van der Waals surface area contributed by atoms with Crippen molar-refractivity contribution in [3.63, 3.8) is 0 Å². The number of nitrogens with zero attached hydrogens (tertiary/aromatic N) is 2. The second kappa shape index (κ2) is 15.0. The lowest BCUT2D eigenvalue weighted by Gasteiger charge is -2.28. The molecule has 0 saturated carbocycles. The molecule has 1 aromatic carbocycles. The fourth-order valence-corrected chi connectivity index (χ4v) is 4.02. The van der Waals surface area contributed by atoms with Crippen LogP contribution >= 0.6 is 0 Å². The van der Waals surface area contributed by atoms with Gasteiger partial charge in [-0.1, -0.05) is 13.8 Å². The molecule has 0 spiro atoms. The predicted molar refractivity (Wildman–Crippen MR) is 139 cm³/mol. The van der Waals surface area contributed by atoms with Crippen LogP contribution in [0.3, 0.4) is 0 Å². The Balaban J connectivity index is 2.38. The second-order valence-corrected chi connectivity index (χ2v) is 8.93. The highest BCUT2D eigenvalue weighted by Gasteiger charge is 2.29. The minimum atomic E-state index is -1.31. The predicted octanol–water partition coefficient (Wildman–Crippen LogP) is 1.54. The molecular weight excluding hydrogens is 476 g/mol. The average Bonchev–Trinajstić information content (AvgIpc) is 2.90. The van der Waals surface area contributed by atoms with Gasteiger partial charge in [0, 0.05) is 55.9 Å². The van der Waals surface area contributed by atoms with Gasteiger partial charge in [-0.25, -0.2) is 0 Å². The van der Waals surface area contributed by atoms with Gasteiger partial charge in [-0.05, 0) is 61.6 Å². The fourth-order valence-electron chi connectivity index (χ4n) is 4.02. The molecule has 202 valence electrons. The van der Waals surface area contributed by atoms with Crippen LogP contribution in [0, 0.1) is 0 Å². The van der Waals surface area contributed by atoms with Crippen LogP contribution < -0.4 is 11.1 Å². The lowest BCUT2D eigenvalue weighted by atomic mass is 9.96. The van der Waals surface area contributed by atoms with E-state index in [1.54, 1.807) is 29.4 Å². The molecule has 3 atom stereocenters. The van der Waals surface area contributed by atoms with Crippen molar-refractivity contribution in [3.05, 3.63) is 65.0 Å². The molecule has 0 saturated heterocycles. The van der Waals surface area contributed by atoms with Gasteiger partial charge in [0.05, 0.1) is 12.1 Å². The summed E-state index contributed by atoms with van der Waals surface area (Å²) in [7, 11) is 1.49. The lowest BCUT2D eigenvalue weighted by Crippen LogP contribution is -2.50. The summed E-state index contributed by atoms with van der Waals surface area (Å²) < 4.78 is 4.99. The van der Waals surface area contributed by atoms with Crippen molar-refractivity contribution in [2.75, 3.05) is 26.8 Å². The van der Waals surface area contributed by atoms with Gasteiger partial charge in [-0.15, -0.1) is 0 Å². The molecule has 0 aliphatic carbocycles. The van der Waals surface area contributed by atoms with Crippen LogP contribution in [0.15, 0.2) is 42.7 Å². The zero-order chi connectivity index (χ0) is 27.4. The molecule has 0 bridgehead atoms. The Kier molecular flexibility index (Phi) is 12.1. The van der Waals surface area contributed by atoms with Crippen LogP contribution in [0.2, 0.25) is 0 Å². The SMILES string of the molecule is CCCN(CCC)C(=O)c1cc(C(N)=O)cc(C(=O)NC(Cc2ccncc2)C(O)C(O)CCOC)c1. The average molecular weight is 515 g/mol. The molecule has 5 N–H and O–H groups in total. The van der Waals surface area contributed by atoms with E-state index in [0.717, 1.165) is 18.4 Å². The standard InChI is InChI=1S/C27H38N4O6/c1-4-11-31(12-5-2)27(36)21-16-19(25(28)34)15-20(17-21)26(35)30-22(14-18-6-9-29-10-7-18)24(33)23(32)8-13-37-3/h6-7,9-10,15-17,22-24,32-33H,4-5,8,11-14H2,1-3H3,(H2,28,34)(H,30,35). The molecule has 37 heavy (non-hydrogen) atoms. The summed E-state index contributed by atoms with van der Waals surface area (Å²) in [5.74, 6) is -1.69. The quantitative estimate of drug-likeness (QED) is 0.281. The monoisotopic (exact) mass is 514 g/mol. The van der Waals surface area contributed by atoms with Gasteiger partial charge < -0.3 is 30.9 Å². The van der Waals surface area contributed by atoms with Crippen molar-refractivity contribution in [1.82, 2.24) is 15.2 Å². The normalized spacial score (nSPS) is 13.4. The van der Waals surface area contributed by atoms with Gasteiger partial charge in [0.1, 0.15) is 6.10 Å². The second-order valence-electron chi connectivity index (χ2n) is 8.93. The number of aliphatic hydroxyl groups is 2. The van der Waals surface area contributed by atoms with Crippen molar-refractivity contribution in [2.45, 2.75) is 57.8 Å². The highest BCUT2D eigenvalue weighted by atomic mass is 16.5. The Labute approximate surface area is 217 Å².